The van der Waals surface area contributed by atoms with Crippen LogP contribution in [0.1, 0.15) is 32.4 Å². The Morgan fingerprint density at radius 3 is 2.37 bits per heavy atom. The first-order valence-corrected chi connectivity index (χ1v) is 14.1. The number of piperazine rings is 1. The van der Waals surface area contributed by atoms with Gasteiger partial charge in [-0.25, -0.2) is 22.4 Å². The Hall–Kier alpha value is -3.28. The lowest BCUT2D eigenvalue weighted by Crippen LogP contribution is -2.56. The molecule has 0 aromatic heterocycles. The summed E-state index contributed by atoms with van der Waals surface area (Å²) >= 11 is 0. The first kappa shape index (κ1) is 27.7. The summed E-state index contributed by atoms with van der Waals surface area (Å²) < 4.78 is 46.9. The zero-order valence-electron chi connectivity index (χ0n) is 21.8. The minimum Gasteiger partial charge on any atom is -0.463 e. The van der Waals surface area contributed by atoms with Gasteiger partial charge in [-0.2, -0.15) is 4.31 Å². The van der Waals surface area contributed by atoms with E-state index in [-0.39, 0.29) is 42.2 Å². The molecule has 1 saturated heterocycles. The van der Waals surface area contributed by atoms with Gasteiger partial charge in [0.15, 0.2) is 0 Å². The third-order valence-corrected chi connectivity index (χ3v) is 8.85. The van der Waals surface area contributed by atoms with Crippen LogP contribution >= 0.6 is 0 Å². The minimum atomic E-state index is -3.66. The number of nitrogens with one attached hydrogen (secondary N) is 1. The van der Waals surface area contributed by atoms with Crippen LogP contribution in [-0.4, -0.2) is 79.9 Å². The van der Waals surface area contributed by atoms with E-state index in [0.29, 0.717) is 30.9 Å². The number of benzene rings is 2. The van der Waals surface area contributed by atoms with Crippen molar-refractivity contribution in [3.8, 4) is 0 Å². The van der Waals surface area contributed by atoms with Gasteiger partial charge in [-0.1, -0.05) is 30.3 Å². The molecule has 2 atom stereocenters. The Bertz CT molecular complexity index is 1300. The van der Waals surface area contributed by atoms with Crippen molar-refractivity contribution < 1.29 is 27.1 Å². The van der Waals surface area contributed by atoms with E-state index in [0.717, 1.165) is 0 Å². The number of nitrogens with zero attached hydrogens (tertiary/aromatic N) is 3. The smallest absolute Gasteiger partial charge is 0.338 e. The number of amides is 2. The summed E-state index contributed by atoms with van der Waals surface area (Å²) in [6, 6.07) is 12.5. The number of hydrogen-bond donors (Lipinski definition) is 1. The normalized spacial score (nSPS) is 21.4. The topological polar surface area (TPSA) is 99.3 Å². The summed E-state index contributed by atoms with van der Waals surface area (Å²) in [5.74, 6) is -0.987. The second-order valence-corrected chi connectivity index (χ2v) is 11.2. The SMILES string of the molecule is CCOC(=O)C1=C(CN2CCN(S(=O)(=O)c3ccccc3)[C@@H](C)C2)N(CC)C(=O)N[C@@H]1c1ccc(F)cc1. The van der Waals surface area contributed by atoms with Crippen molar-refractivity contribution in [3.63, 3.8) is 0 Å². The van der Waals surface area contributed by atoms with Crippen LogP contribution in [-0.2, 0) is 19.6 Å². The summed E-state index contributed by atoms with van der Waals surface area (Å²) in [7, 11) is -3.66. The number of sulfonamides is 1. The lowest BCUT2D eigenvalue weighted by atomic mass is 9.94. The maximum Gasteiger partial charge on any atom is 0.338 e. The molecule has 0 aliphatic carbocycles. The van der Waals surface area contributed by atoms with Crippen molar-refractivity contribution in [2.75, 3.05) is 39.3 Å². The van der Waals surface area contributed by atoms with Crippen LogP contribution in [0.25, 0.3) is 0 Å². The lowest BCUT2D eigenvalue weighted by molar-refractivity contribution is -0.139. The Morgan fingerprint density at radius 1 is 1.08 bits per heavy atom. The van der Waals surface area contributed by atoms with Gasteiger partial charge >= 0.3 is 12.0 Å². The van der Waals surface area contributed by atoms with Gasteiger partial charge in [0.25, 0.3) is 0 Å². The average Bonchev–Trinajstić information content (AvgIpc) is 2.89. The van der Waals surface area contributed by atoms with E-state index in [2.05, 4.69) is 5.32 Å². The third kappa shape index (κ3) is 5.59. The van der Waals surface area contributed by atoms with E-state index < -0.39 is 27.9 Å². The van der Waals surface area contributed by atoms with E-state index >= 15 is 0 Å². The van der Waals surface area contributed by atoms with Crippen molar-refractivity contribution >= 4 is 22.0 Å². The quantitative estimate of drug-likeness (QED) is 0.513. The highest BCUT2D eigenvalue weighted by molar-refractivity contribution is 7.89. The van der Waals surface area contributed by atoms with Crippen LogP contribution in [0, 0.1) is 5.82 Å². The van der Waals surface area contributed by atoms with Crippen molar-refractivity contribution in [3.05, 3.63) is 77.2 Å². The Labute approximate surface area is 222 Å². The van der Waals surface area contributed by atoms with Crippen LogP contribution in [0.5, 0.6) is 0 Å². The molecular weight excluding hydrogens is 511 g/mol. The summed E-state index contributed by atoms with van der Waals surface area (Å²) in [5, 5.41) is 2.86. The average molecular weight is 545 g/mol. The molecule has 1 fully saturated rings. The number of esters is 1. The van der Waals surface area contributed by atoms with Crippen molar-refractivity contribution in [1.82, 2.24) is 19.4 Å². The molecule has 0 spiro atoms. The molecule has 204 valence electrons. The maximum absolute atomic E-state index is 13.6. The molecule has 2 amide bonds. The zero-order valence-corrected chi connectivity index (χ0v) is 22.6. The highest BCUT2D eigenvalue weighted by atomic mass is 32.2. The molecular formula is C27H33FN4O5S. The number of halogens is 1. The van der Waals surface area contributed by atoms with Crippen LogP contribution in [0.3, 0.4) is 0 Å². The predicted octanol–water partition coefficient (Wildman–Crippen LogP) is 3.12. The van der Waals surface area contributed by atoms with E-state index in [1.807, 2.05) is 18.7 Å². The molecule has 2 aromatic rings. The second kappa shape index (κ2) is 11.6. The van der Waals surface area contributed by atoms with Gasteiger partial charge in [-0.15, -0.1) is 0 Å². The Morgan fingerprint density at radius 2 is 1.76 bits per heavy atom. The largest absolute Gasteiger partial charge is 0.463 e. The van der Waals surface area contributed by atoms with Crippen molar-refractivity contribution in [1.29, 1.82) is 0 Å². The highest BCUT2D eigenvalue weighted by Crippen LogP contribution is 2.33. The van der Waals surface area contributed by atoms with Gasteiger partial charge in [-0.05, 0) is 50.6 Å². The van der Waals surface area contributed by atoms with E-state index in [1.165, 1.54) is 33.5 Å². The monoisotopic (exact) mass is 544 g/mol. The van der Waals surface area contributed by atoms with Crippen LogP contribution in [0.15, 0.2) is 70.8 Å². The number of rotatable bonds is 8. The first-order chi connectivity index (χ1) is 18.2. The van der Waals surface area contributed by atoms with E-state index in [9.17, 15) is 22.4 Å². The molecule has 0 radical (unpaired) electrons. The predicted molar refractivity (Wildman–Crippen MR) is 140 cm³/mol. The summed E-state index contributed by atoms with van der Waals surface area (Å²) in [4.78, 5) is 30.1. The second-order valence-electron chi connectivity index (χ2n) is 9.27. The Kier molecular flexibility index (Phi) is 8.49. The fourth-order valence-corrected chi connectivity index (χ4v) is 6.65. The number of hydrogen-bond acceptors (Lipinski definition) is 6. The molecule has 11 heteroatoms. The molecule has 0 saturated carbocycles. The molecule has 2 heterocycles. The molecule has 9 nitrogen and oxygen atoms in total. The standard InChI is InChI=1S/C27H33FN4O5S/c1-4-31-23(18-30-15-16-32(19(3)17-30)38(35,36)22-9-7-6-8-10-22)24(26(33)37-5-2)25(29-27(31)34)20-11-13-21(28)14-12-20/h6-14,19,25H,4-5,15-18H2,1-3H3,(H,29,34)/t19-,25+/m0/s1. The maximum atomic E-state index is 13.6. The fourth-order valence-electron chi connectivity index (χ4n) is 5.02. The minimum absolute atomic E-state index is 0.152. The molecule has 2 aromatic carbocycles. The van der Waals surface area contributed by atoms with E-state index in [4.69, 9.17) is 4.74 Å². The van der Waals surface area contributed by atoms with E-state index in [1.54, 1.807) is 37.3 Å². The number of ether oxygens (including phenoxy) is 1. The van der Waals surface area contributed by atoms with Gasteiger partial charge in [0.2, 0.25) is 10.0 Å². The van der Waals surface area contributed by atoms with Gasteiger partial charge in [-0.3, -0.25) is 9.80 Å². The lowest BCUT2D eigenvalue weighted by Gasteiger charge is -2.42. The van der Waals surface area contributed by atoms with Gasteiger partial charge in [0.1, 0.15) is 5.82 Å². The molecule has 0 bridgehead atoms. The summed E-state index contributed by atoms with van der Waals surface area (Å²) in [6.07, 6.45) is 0. The first-order valence-electron chi connectivity index (χ1n) is 12.7. The molecule has 38 heavy (non-hydrogen) atoms. The van der Waals surface area contributed by atoms with Gasteiger partial charge < -0.3 is 10.1 Å². The highest BCUT2D eigenvalue weighted by Gasteiger charge is 2.40. The van der Waals surface area contributed by atoms with Crippen molar-refractivity contribution in [2.24, 2.45) is 0 Å². The van der Waals surface area contributed by atoms with Gasteiger partial charge in [0, 0.05) is 44.5 Å². The fraction of sp³-hybridized carbons (Fsp3) is 0.407. The zero-order chi connectivity index (χ0) is 27.4. The molecule has 1 N–H and O–H groups in total. The Balaban J connectivity index is 1.65. The summed E-state index contributed by atoms with van der Waals surface area (Å²) in [5.41, 5.74) is 1.34. The van der Waals surface area contributed by atoms with Crippen LogP contribution < -0.4 is 5.32 Å². The molecule has 4 rings (SSSR count). The third-order valence-electron chi connectivity index (χ3n) is 6.83. The van der Waals surface area contributed by atoms with Crippen molar-refractivity contribution in [2.45, 2.75) is 37.8 Å². The number of likely N-dealkylation sites (N-methyl/N-ethyl adjacent to an activating group) is 1. The number of urea groups is 1. The van der Waals surface area contributed by atoms with Crippen LogP contribution in [0.2, 0.25) is 0 Å². The molecule has 2 aliphatic rings. The number of carbonyl (C=O) groups excluding carboxylic acids is 2. The number of carbonyl (C=O) groups is 2. The van der Waals surface area contributed by atoms with Crippen LogP contribution in [0.4, 0.5) is 9.18 Å². The molecule has 0 unspecified atom stereocenters. The van der Waals surface area contributed by atoms with Gasteiger partial charge in [0.05, 0.1) is 23.1 Å². The summed E-state index contributed by atoms with van der Waals surface area (Å²) in [6.45, 7) is 7.17. The molecule has 2 aliphatic heterocycles.